The summed E-state index contributed by atoms with van der Waals surface area (Å²) in [7, 11) is 0. The average molecular weight is 451 g/mol. The molecule has 35 heavy (non-hydrogen) atoms. The van der Waals surface area contributed by atoms with Crippen molar-refractivity contribution in [3.63, 3.8) is 0 Å². The first-order valence-electron chi connectivity index (χ1n) is 11.5. The van der Waals surface area contributed by atoms with Gasteiger partial charge in [0.25, 0.3) is 0 Å². The summed E-state index contributed by atoms with van der Waals surface area (Å²) < 4.78 is 0. The fourth-order valence-electron chi connectivity index (χ4n) is 4.61. The molecule has 0 amide bonds. The van der Waals surface area contributed by atoms with Gasteiger partial charge in [-0.1, -0.05) is 109 Å². The van der Waals surface area contributed by atoms with Crippen LogP contribution >= 0.6 is 0 Å². The molecule has 0 saturated carbocycles. The van der Waals surface area contributed by atoms with Crippen LogP contribution in [0.5, 0.6) is 0 Å². The summed E-state index contributed by atoms with van der Waals surface area (Å²) in [5.41, 5.74) is 3.99. The molecule has 1 aromatic heterocycles. The zero-order chi connectivity index (χ0) is 23.6. The highest BCUT2D eigenvalue weighted by Crippen LogP contribution is 2.33. The Hall–Kier alpha value is -4.70. The topological polar surface area (TPSA) is 51.0 Å². The minimum Gasteiger partial charge on any atom is -0.296 e. The van der Waals surface area contributed by atoms with E-state index in [2.05, 4.69) is 72.4 Å². The van der Waals surface area contributed by atoms with Gasteiger partial charge in [0.2, 0.25) is 0 Å². The first-order chi connectivity index (χ1) is 17.3. The summed E-state index contributed by atoms with van der Waals surface area (Å²) in [6, 6.07) is 37.1. The highest BCUT2D eigenvalue weighted by Gasteiger charge is 2.16. The Kier molecular flexibility index (Phi) is 5.32. The van der Waals surface area contributed by atoms with Crippen LogP contribution in [0.2, 0.25) is 0 Å². The van der Waals surface area contributed by atoms with E-state index in [0.717, 1.165) is 43.8 Å². The molecule has 0 unspecified atom stereocenters. The quantitative estimate of drug-likeness (QED) is 0.258. The lowest BCUT2D eigenvalue weighted by Crippen LogP contribution is -2.01. The molecule has 6 rings (SSSR count). The van der Waals surface area contributed by atoms with Crippen molar-refractivity contribution >= 4 is 28.3 Å². The Bertz CT molecular complexity index is 1680. The van der Waals surface area contributed by atoms with E-state index in [4.69, 9.17) is 15.0 Å². The van der Waals surface area contributed by atoms with Crippen LogP contribution in [-0.2, 0) is 6.54 Å². The lowest BCUT2D eigenvalue weighted by Gasteiger charge is -2.13. The second-order valence-electron chi connectivity index (χ2n) is 8.40. The lowest BCUT2D eigenvalue weighted by molar-refractivity contribution is 1.07. The SMILES string of the molecule is C=NCc1cccc2cccc(-c3nc(-c4ccccc4)nc(-c4cccc5ccccc45)n3)c12. The first-order valence-corrected chi connectivity index (χ1v) is 11.5. The van der Waals surface area contributed by atoms with Gasteiger partial charge in [-0.2, -0.15) is 0 Å². The van der Waals surface area contributed by atoms with Crippen LogP contribution in [0.25, 0.3) is 55.7 Å². The van der Waals surface area contributed by atoms with E-state index in [-0.39, 0.29) is 0 Å². The van der Waals surface area contributed by atoms with Crippen LogP contribution in [0, 0.1) is 0 Å². The fraction of sp³-hybridized carbons (Fsp3) is 0.0323. The standard InChI is InChI=1S/C31H22N4/c1-32-20-24-16-7-14-22-15-9-19-27(28(22)24)31-34-29(23-11-3-2-4-12-23)33-30(35-31)26-18-8-13-21-10-5-6-17-25(21)26/h2-19H,1,20H2. The highest BCUT2D eigenvalue weighted by molar-refractivity contribution is 5.99. The van der Waals surface area contributed by atoms with E-state index in [1.165, 1.54) is 0 Å². The third-order valence-electron chi connectivity index (χ3n) is 6.21. The summed E-state index contributed by atoms with van der Waals surface area (Å²) in [5, 5.41) is 4.48. The maximum Gasteiger partial charge on any atom is 0.164 e. The Morgan fingerprint density at radius 3 is 1.94 bits per heavy atom. The first kappa shape index (κ1) is 20.9. The molecular weight excluding hydrogens is 428 g/mol. The summed E-state index contributed by atoms with van der Waals surface area (Å²) >= 11 is 0. The molecule has 6 aromatic rings. The Balaban J connectivity index is 1.66. The molecule has 0 aliphatic carbocycles. The number of hydrogen-bond acceptors (Lipinski definition) is 4. The van der Waals surface area contributed by atoms with Gasteiger partial charge in [0.15, 0.2) is 17.5 Å². The van der Waals surface area contributed by atoms with Crippen molar-refractivity contribution in [2.45, 2.75) is 6.54 Å². The van der Waals surface area contributed by atoms with Crippen LogP contribution in [0.1, 0.15) is 5.56 Å². The minimum absolute atomic E-state index is 0.529. The average Bonchev–Trinajstić information content (AvgIpc) is 2.93. The molecule has 0 atom stereocenters. The van der Waals surface area contributed by atoms with Crippen LogP contribution in [-0.4, -0.2) is 21.7 Å². The van der Waals surface area contributed by atoms with Gasteiger partial charge in [-0.3, -0.25) is 4.99 Å². The van der Waals surface area contributed by atoms with E-state index >= 15 is 0 Å². The molecule has 0 saturated heterocycles. The molecule has 5 aromatic carbocycles. The van der Waals surface area contributed by atoms with Gasteiger partial charge in [-0.15, -0.1) is 0 Å². The molecule has 0 fully saturated rings. The largest absolute Gasteiger partial charge is 0.296 e. The predicted octanol–water partition coefficient (Wildman–Crippen LogP) is 7.38. The number of hydrogen-bond donors (Lipinski definition) is 0. The van der Waals surface area contributed by atoms with Crippen molar-refractivity contribution in [3.05, 3.63) is 115 Å². The molecule has 1 heterocycles. The number of nitrogens with zero attached hydrogens (tertiary/aromatic N) is 4. The Morgan fingerprint density at radius 2 is 1.14 bits per heavy atom. The molecule has 166 valence electrons. The number of fused-ring (bicyclic) bond motifs is 2. The van der Waals surface area contributed by atoms with Gasteiger partial charge in [0, 0.05) is 16.7 Å². The second kappa shape index (κ2) is 8.92. The van der Waals surface area contributed by atoms with E-state index < -0.39 is 0 Å². The zero-order valence-electron chi connectivity index (χ0n) is 19.1. The molecule has 0 aliphatic heterocycles. The zero-order valence-corrected chi connectivity index (χ0v) is 19.1. The third kappa shape index (κ3) is 3.85. The number of aromatic nitrogens is 3. The van der Waals surface area contributed by atoms with E-state index in [0.29, 0.717) is 24.0 Å². The fourth-order valence-corrected chi connectivity index (χ4v) is 4.61. The summed E-state index contributed by atoms with van der Waals surface area (Å²) in [6.07, 6.45) is 0. The molecule has 4 heteroatoms. The maximum absolute atomic E-state index is 5.03. The van der Waals surface area contributed by atoms with Crippen molar-refractivity contribution in [2.24, 2.45) is 4.99 Å². The molecule has 4 nitrogen and oxygen atoms in total. The minimum atomic E-state index is 0.529. The summed E-state index contributed by atoms with van der Waals surface area (Å²) in [5.74, 6) is 1.95. The van der Waals surface area contributed by atoms with Crippen molar-refractivity contribution in [3.8, 4) is 34.2 Å². The van der Waals surface area contributed by atoms with Crippen molar-refractivity contribution in [2.75, 3.05) is 0 Å². The van der Waals surface area contributed by atoms with Crippen molar-refractivity contribution < 1.29 is 0 Å². The van der Waals surface area contributed by atoms with E-state index in [9.17, 15) is 0 Å². The molecule has 0 aliphatic rings. The van der Waals surface area contributed by atoms with Crippen LogP contribution < -0.4 is 0 Å². The van der Waals surface area contributed by atoms with Crippen LogP contribution in [0.4, 0.5) is 0 Å². The van der Waals surface area contributed by atoms with Gasteiger partial charge in [0.05, 0.1) is 6.54 Å². The van der Waals surface area contributed by atoms with Crippen LogP contribution in [0.3, 0.4) is 0 Å². The van der Waals surface area contributed by atoms with E-state index in [1.807, 2.05) is 48.5 Å². The van der Waals surface area contributed by atoms with Crippen molar-refractivity contribution in [1.29, 1.82) is 0 Å². The second-order valence-corrected chi connectivity index (χ2v) is 8.40. The molecule has 0 N–H and O–H groups in total. The summed E-state index contributed by atoms with van der Waals surface area (Å²) in [6.45, 7) is 4.24. The lowest BCUT2D eigenvalue weighted by atomic mass is 9.98. The molecule has 0 radical (unpaired) electrons. The predicted molar refractivity (Wildman–Crippen MR) is 144 cm³/mol. The van der Waals surface area contributed by atoms with Crippen LogP contribution in [0.15, 0.2) is 114 Å². The molecular formula is C31H22N4. The van der Waals surface area contributed by atoms with Gasteiger partial charge in [-0.05, 0) is 33.8 Å². The maximum atomic E-state index is 5.03. The monoisotopic (exact) mass is 450 g/mol. The Morgan fingerprint density at radius 1 is 0.543 bits per heavy atom. The highest BCUT2D eigenvalue weighted by atomic mass is 15.0. The van der Waals surface area contributed by atoms with E-state index in [1.54, 1.807) is 0 Å². The van der Waals surface area contributed by atoms with Gasteiger partial charge in [0.1, 0.15) is 0 Å². The summed E-state index contributed by atoms with van der Waals surface area (Å²) in [4.78, 5) is 19.1. The number of aliphatic imine (C=N–C) groups is 1. The number of rotatable bonds is 5. The normalized spacial score (nSPS) is 11.1. The van der Waals surface area contributed by atoms with Crippen molar-refractivity contribution in [1.82, 2.24) is 15.0 Å². The molecule has 0 bridgehead atoms. The third-order valence-corrected chi connectivity index (χ3v) is 6.21. The van der Waals surface area contributed by atoms with Gasteiger partial charge < -0.3 is 0 Å². The van der Waals surface area contributed by atoms with Gasteiger partial charge >= 0.3 is 0 Å². The Labute approximate surface area is 203 Å². The molecule has 0 spiro atoms. The van der Waals surface area contributed by atoms with Gasteiger partial charge in [-0.25, -0.2) is 15.0 Å². The number of benzene rings is 5. The smallest absolute Gasteiger partial charge is 0.164 e.